The summed E-state index contributed by atoms with van der Waals surface area (Å²) in [5, 5.41) is 3.52. The summed E-state index contributed by atoms with van der Waals surface area (Å²) in [6, 6.07) is 0.557. The zero-order chi connectivity index (χ0) is 10.6. The predicted molar refractivity (Wildman–Crippen MR) is 59.3 cm³/mol. The van der Waals surface area contributed by atoms with E-state index in [0.29, 0.717) is 6.04 Å². The van der Waals surface area contributed by atoms with Crippen molar-refractivity contribution in [3.05, 3.63) is 0 Å². The molecule has 3 unspecified atom stereocenters. The first-order chi connectivity index (χ1) is 6.71. The van der Waals surface area contributed by atoms with E-state index in [0.717, 1.165) is 32.4 Å². The van der Waals surface area contributed by atoms with Crippen molar-refractivity contribution in [1.29, 1.82) is 0 Å². The van der Waals surface area contributed by atoms with Crippen LogP contribution in [0.15, 0.2) is 0 Å². The average molecular weight is 200 g/mol. The molecule has 0 spiro atoms. The third-order valence-corrected chi connectivity index (χ3v) is 3.48. The predicted octanol–water partition coefficient (Wildman–Crippen LogP) is 1.27. The average Bonchev–Trinajstić information content (AvgIpc) is 2.27. The van der Waals surface area contributed by atoms with Crippen molar-refractivity contribution < 1.29 is 4.74 Å². The summed E-state index contributed by atoms with van der Waals surface area (Å²) in [6.07, 6.45) is 3.06. The van der Waals surface area contributed by atoms with Gasteiger partial charge in [0.1, 0.15) is 0 Å². The molecular weight excluding hydrogens is 176 g/mol. The van der Waals surface area contributed by atoms with Crippen LogP contribution < -0.4 is 11.1 Å². The molecule has 0 saturated carbocycles. The van der Waals surface area contributed by atoms with Crippen LogP contribution in [0.5, 0.6) is 0 Å². The number of nitrogens with one attached hydrogen (secondary N) is 1. The highest BCUT2D eigenvalue weighted by Gasteiger charge is 2.43. The van der Waals surface area contributed by atoms with Gasteiger partial charge in [0, 0.05) is 18.6 Å². The zero-order valence-electron chi connectivity index (χ0n) is 9.68. The first kappa shape index (κ1) is 12.0. The van der Waals surface area contributed by atoms with Crippen molar-refractivity contribution in [3.8, 4) is 0 Å². The summed E-state index contributed by atoms with van der Waals surface area (Å²) >= 11 is 0. The minimum absolute atomic E-state index is 0.137. The van der Waals surface area contributed by atoms with Gasteiger partial charge < -0.3 is 15.8 Å². The number of hydrogen-bond acceptors (Lipinski definition) is 3. The fourth-order valence-corrected chi connectivity index (χ4v) is 2.56. The van der Waals surface area contributed by atoms with Gasteiger partial charge in [-0.15, -0.1) is 0 Å². The number of morpholine rings is 1. The Morgan fingerprint density at radius 3 is 2.71 bits per heavy atom. The maximum atomic E-state index is 6.19. The van der Waals surface area contributed by atoms with Crippen molar-refractivity contribution in [3.63, 3.8) is 0 Å². The molecule has 0 aromatic carbocycles. The summed E-state index contributed by atoms with van der Waals surface area (Å²) in [7, 11) is 0. The SMILES string of the molecule is CCC(N)C1(CC)OCCNC1CC. The van der Waals surface area contributed by atoms with E-state index in [4.69, 9.17) is 10.5 Å². The van der Waals surface area contributed by atoms with Crippen LogP contribution in [0.25, 0.3) is 0 Å². The smallest absolute Gasteiger partial charge is 0.0982 e. The Kier molecular flexibility index (Phi) is 4.35. The Morgan fingerprint density at radius 1 is 1.50 bits per heavy atom. The molecule has 3 atom stereocenters. The molecule has 0 aromatic heterocycles. The first-order valence-corrected chi connectivity index (χ1v) is 5.84. The molecule has 1 aliphatic rings. The Morgan fingerprint density at radius 2 is 2.21 bits per heavy atom. The van der Waals surface area contributed by atoms with Gasteiger partial charge in [-0.25, -0.2) is 0 Å². The van der Waals surface area contributed by atoms with E-state index in [1.807, 2.05) is 0 Å². The molecular formula is C11H24N2O. The highest BCUT2D eigenvalue weighted by molar-refractivity contribution is 5.01. The van der Waals surface area contributed by atoms with Crippen molar-refractivity contribution >= 4 is 0 Å². The van der Waals surface area contributed by atoms with Crippen LogP contribution in [0.1, 0.15) is 40.0 Å². The second-order valence-electron chi connectivity index (χ2n) is 4.09. The molecule has 0 bridgehead atoms. The van der Waals surface area contributed by atoms with Crippen molar-refractivity contribution in [2.45, 2.75) is 57.7 Å². The van der Waals surface area contributed by atoms with Crippen LogP contribution in [0, 0.1) is 0 Å². The molecule has 3 nitrogen and oxygen atoms in total. The van der Waals surface area contributed by atoms with Gasteiger partial charge in [0.05, 0.1) is 12.2 Å². The molecule has 0 aliphatic carbocycles. The van der Waals surface area contributed by atoms with Gasteiger partial charge in [0.2, 0.25) is 0 Å². The molecule has 0 amide bonds. The second kappa shape index (κ2) is 5.10. The topological polar surface area (TPSA) is 47.3 Å². The third kappa shape index (κ3) is 1.95. The molecule has 84 valence electrons. The Labute approximate surface area is 87.4 Å². The van der Waals surface area contributed by atoms with Gasteiger partial charge in [0.15, 0.2) is 0 Å². The molecule has 0 radical (unpaired) electrons. The zero-order valence-corrected chi connectivity index (χ0v) is 9.68. The summed E-state index contributed by atoms with van der Waals surface area (Å²) in [5.41, 5.74) is 6.06. The molecule has 1 heterocycles. The lowest BCUT2D eigenvalue weighted by atomic mass is 9.80. The van der Waals surface area contributed by atoms with Gasteiger partial charge in [-0.2, -0.15) is 0 Å². The molecule has 1 rings (SSSR count). The van der Waals surface area contributed by atoms with E-state index in [2.05, 4.69) is 26.1 Å². The lowest BCUT2D eigenvalue weighted by Crippen LogP contribution is -2.65. The standard InChI is InChI=1S/C11H24N2O/c1-4-9(12)11(6-3)10(5-2)13-7-8-14-11/h9-10,13H,4-8,12H2,1-3H3. The molecule has 14 heavy (non-hydrogen) atoms. The summed E-state index contributed by atoms with van der Waals surface area (Å²) in [5.74, 6) is 0. The molecule has 1 saturated heterocycles. The Hall–Kier alpha value is -0.120. The highest BCUT2D eigenvalue weighted by atomic mass is 16.5. The fourth-order valence-electron chi connectivity index (χ4n) is 2.56. The van der Waals surface area contributed by atoms with Gasteiger partial charge in [-0.3, -0.25) is 0 Å². The van der Waals surface area contributed by atoms with Crippen LogP contribution in [0.2, 0.25) is 0 Å². The largest absolute Gasteiger partial charge is 0.370 e. The van der Waals surface area contributed by atoms with Crippen molar-refractivity contribution in [2.24, 2.45) is 5.73 Å². The van der Waals surface area contributed by atoms with E-state index >= 15 is 0 Å². The highest BCUT2D eigenvalue weighted by Crippen LogP contribution is 2.29. The van der Waals surface area contributed by atoms with E-state index in [1.165, 1.54) is 0 Å². The van der Waals surface area contributed by atoms with Crippen LogP contribution in [0.4, 0.5) is 0 Å². The van der Waals surface area contributed by atoms with Gasteiger partial charge >= 0.3 is 0 Å². The van der Waals surface area contributed by atoms with E-state index in [9.17, 15) is 0 Å². The maximum Gasteiger partial charge on any atom is 0.0982 e. The minimum atomic E-state index is -0.137. The molecule has 3 N–H and O–H groups in total. The Bertz CT molecular complexity index is 175. The quantitative estimate of drug-likeness (QED) is 0.718. The first-order valence-electron chi connectivity index (χ1n) is 5.84. The fraction of sp³-hybridized carbons (Fsp3) is 1.00. The van der Waals surface area contributed by atoms with E-state index in [-0.39, 0.29) is 11.6 Å². The third-order valence-electron chi connectivity index (χ3n) is 3.48. The van der Waals surface area contributed by atoms with Crippen LogP contribution >= 0.6 is 0 Å². The van der Waals surface area contributed by atoms with E-state index < -0.39 is 0 Å². The molecule has 3 heteroatoms. The Balaban J connectivity index is 2.81. The van der Waals surface area contributed by atoms with Crippen LogP contribution in [-0.4, -0.2) is 30.8 Å². The van der Waals surface area contributed by atoms with Gasteiger partial charge in [0.25, 0.3) is 0 Å². The number of hydrogen-bond donors (Lipinski definition) is 2. The van der Waals surface area contributed by atoms with Crippen molar-refractivity contribution in [2.75, 3.05) is 13.2 Å². The van der Waals surface area contributed by atoms with Crippen LogP contribution in [-0.2, 0) is 4.74 Å². The minimum Gasteiger partial charge on any atom is -0.370 e. The van der Waals surface area contributed by atoms with Crippen molar-refractivity contribution in [1.82, 2.24) is 5.32 Å². The maximum absolute atomic E-state index is 6.19. The lowest BCUT2D eigenvalue weighted by molar-refractivity contribution is -0.116. The summed E-state index contributed by atoms with van der Waals surface area (Å²) in [4.78, 5) is 0. The van der Waals surface area contributed by atoms with E-state index in [1.54, 1.807) is 0 Å². The van der Waals surface area contributed by atoms with Gasteiger partial charge in [-0.1, -0.05) is 20.8 Å². The molecule has 1 fully saturated rings. The van der Waals surface area contributed by atoms with Gasteiger partial charge in [-0.05, 0) is 19.3 Å². The summed E-state index contributed by atoms with van der Waals surface area (Å²) in [6.45, 7) is 8.24. The van der Waals surface area contributed by atoms with Crippen LogP contribution in [0.3, 0.4) is 0 Å². The second-order valence-corrected chi connectivity index (χ2v) is 4.09. The molecule has 1 aliphatic heterocycles. The number of nitrogens with two attached hydrogens (primary N) is 1. The number of rotatable bonds is 4. The molecule has 0 aromatic rings. The lowest BCUT2D eigenvalue weighted by Gasteiger charge is -2.47. The summed E-state index contributed by atoms with van der Waals surface area (Å²) < 4.78 is 5.98. The normalized spacial score (nSPS) is 35.6. The monoisotopic (exact) mass is 200 g/mol. The number of ether oxygens (including phenoxy) is 1.